The Balaban J connectivity index is 2.22. The van der Waals surface area contributed by atoms with Gasteiger partial charge in [0.1, 0.15) is 0 Å². The number of methoxy groups -OCH3 is 1. The highest BCUT2D eigenvalue weighted by atomic mass is 32.1. The Labute approximate surface area is 106 Å². The number of benzene rings is 1. The van der Waals surface area contributed by atoms with Crippen LogP contribution < -0.4 is 11.3 Å². The van der Waals surface area contributed by atoms with Crippen LogP contribution in [0.4, 0.5) is 0 Å². The van der Waals surface area contributed by atoms with Crippen molar-refractivity contribution in [3.8, 4) is 0 Å². The Morgan fingerprint density at radius 1 is 1.41 bits per heavy atom. The molecule has 2 aromatic rings. The summed E-state index contributed by atoms with van der Waals surface area (Å²) in [6.45, 7) is 2.03. The number of hydrogen-bond acceptors (Lipinski definition) is 4. The molecule has 4 heteroatoms. The molecule has 0 saturated heterocycles. The van der Waals surface area contributed by atoms with E-state index in [0.29, 0.717) is 0 Å². The van der Waals surface area contributed by atoms with Crippen LogP contribution in [0, 0.1) is 0 Å². The van der Waals surface area contributed by atoms with Gasteiger partial charge in [-0.25, -0.2) is 0 Å². The molecular formula is C13H18N2OS. The SMILES string of the molecule is COC(C)C(Cc1csc2ccccc12)NN. The number of hydrogen-bond donors (Lipinski definition) is 2. The predicted molar refractivity (Wildman–Crippen MR) is 73.1 cm³/mol. The first-order chi connectivity index (χ1) is 8.26. The van der Waals surface area contributed by atoms with Crippen molar-refractivity contribution < 1.29 is 4.74 Å². The fourth-order valence-corrected chi connectivity index (χ4v) is 2.93. The van der Waals surface area contributed by atoms with Crippen LogP contribution in [0.1, 0.15) is 12.5 Å². The topological polar surface area (TPSA) is 47.3 Å². The quantitative estimate of drug-likeness (QED) is 0.632. The molecule has 2 unspecified atom stereocenters. The lowest BCUT2D eigenvalue weighted by Gasteiger charge is -2.21. The second-order valence-electron chi connectivity index (χ2n) is 4.18. The summed E-state index contributed by atoms with van der Waals surface area (Å²) in [5.74, 6) is 5.58. The van der Waals surface area contributed by atoms with Gasteiger partial charge in [0.25, 0.3) is 0 Å². The Bertz CT molecular complexity index is 483. The maximum absolute atomic E-state index is 5.58. The molecule has 0 bridgehead atoms. The fourth-order valence-electron chi connectivity index (χ4n) is 1.95. The third-order valence-electron chi connectivity index (χ3n) is 3.15. The van der Waals surface area contributed by atoms with Gasteiger partial charge in [-0.3, -0.25) is 11.3 Å². The summed E-state index contributed by atoms with van der Waals surface area (Å²) in [5, 5.41) is 3.53. The minimum atomic E-state index is 0.0960. The number of ether oxygens (including phenoxy) is 1. The Morgan fingerprint density at radius 3 is 2.88 bits per heavy atom. The minimum absolute atomic E-state index is 0.0960. The van der Waals surface area contributed by atoms with Gasteiger partial charge in [0.15, 0.2) is 0 Å². The molecule has 0 spiro atoms. The zero-order chi connectivity index (χ0) is 12.3. The molecule has 0 aliphatic rings. The molecule has 2 rings (SSSR count). The molecule has 3 nitrogen and oxygen atoms in total. The van der Waals surface area contributed by atoms with Crippen molar-refractivity contribution in [3.05, 3.63) is 35.2 Å². The van der Waals surface area contributed by atoms with Crippen LogP contribution in [0.3, 0.4) is 0 Å². The smallest absolute Gasteiger partial charge is 0.0712 e. The van der Waals surface area contributed by atoms with Gasteiger partial charge in [0, 0.05) is 11.8 Å². The van der Waals surface area contributed by atoms with Crippen LogP contribution in [0.5, 0.6) is 0 Å². The van der Waals surface area contributed by atoms with Crippen LogP contribution in [-0.2, 0) is 11.2 Å². The maximum atomic E-state index is 5.58. The van der Waals surface area contributed by atoms with Gasteiger partial charge in [-0.15, -0.1) is 11.3 Å². The fraction of sp³-hybridized carbons (Fsp3) is 0.385. The molecule has 0 radical (unpaired) electrons. The monoisotopic (exact) mass is 250 g/mol. The van der Waals surface area contributed by atoms with Crippen molar-refractivity contribution >= 4 is 21.4 Å². The molecule has 1 aromatic carbocycles. The van der Waals surface area contributed by atoms with E-state index in [4.69, 9.17) is 10.6 Å². The first-order valence-electron chi connectivity index (χ1n) is 5.70. The number of rotatable bonds is 5. The zero-order valence-electron chi connectivity index (χ0n) is 10.1. The zero-order valence-corrected chi connectivity index (χ0v) is 11.0. The van der Waals surface area contributed by atoms with Crippen molar-refractivity contribution in [2.24, 2.45) is 5.84 Å². The lowest BCUT2D eigenvalue weighted by atomic mass is 10.0. The largest absolute Gasteiger partial charge is 0.380 e. The van der Waals surface area contributed by atoms with Crippen LogP contribution >= 0.6 is 11.3 Å². The highest BCUT2D eigenvalue weighted by Gasteiger charge is 2.17. The standard InChI is InChI=1S/C13H18N2OS/c1-9(16-2)12(15-14)7-10-8-17-13-6-4-3-5-11(10)13/h3-6,8-9,12,15H,7,14H2,1-2H3. The van der Waals surface area contributed by atoms with Gasteiger partial charge in [-0.2, -0.15) is 0 Å². The number of fused-ring (bicyclic) bond motifs is 1. The van der Waals surface area contributed by atoms with Gasteiger partial charge >= 0.3 is 0 Å². The highest BCUT2D eigenvalue weighted by molar-refractivity contribution is 7.17. The van der Waals surface area contributed by atoms with Crippen molar-refractivity contribution in [1.82, 2.24) is 5.43 Å². The number of nitrogens with one attached hydrogen (secondary N) is 1. The summed E-state index contributed by atoms with van der Waals surface area (Å²) < 4.78 is 6.65. The molecule has 0 amide bonds. The van der Waals surface area contributed by atoms with E-state index in [1.165, 1.54) is 15.6 Å². The molecule has 0 saturated carbocycles. The van der Waals surface area contributed by atoms with Crippen LogP contribution in [-0.4, -0.2) is 19.3 Å². The van der Waals surface area contributed by atoms with Crippen molar-refractivity contribution in [2.45, 2.75) is 25.5 Å². The van der Waals surface area contributed by atoms with Crippen molar-refractivity contribution in [3.63, 3.8) is 0 Å². The van der Waals surface area contributed by atoms with Gasteiger partial charge < -0.3 is 4.74 Å². The third-order valence-corrected chi connectivity index (χ3v) is 4.17. The average molecular weight is 250 g/mol. The van der Waals surface area contributed by atoms with Crippen molar-refractivity contribution in [2.75, 3.05) is 7.11 Å². The van der Waals surface area contributed by atoms with Crippen molar-refractivity contribution in [1.29, 1.82) is 0 Å². The highest BCUT2D eigenvalue weighted by Crippen LogP contribution is 2.26. The Hall–Kier alpha value is -0.940. The van der Waals surface area contributed by atoms with Gasteiger partial charge in [-0.05, 0) is 35.7 Å². The molecule has 0 aliphatic heterocycles. The van der Waals surface area contributed by atoms with Gasteiger partial charge in [0.05, 0.1) is 12.1 Å². The van der Waals surface area contributed by atoms with Crippen LogP contribution in [0.2, 0.25) is 0 Å². The predicted octanol–water partition coefficient (Wildman–Crippen LogP) is 2.31. The normalized spacial score (nSPS) is 15.0. The third kappa shape index (κ3) is 2.66. The number of hydrazine groups is 1. The van der Waals surface area contributed by atoms with E-state index in [1.54, 1.807) is 18.4 Å². The van der Waals surface area contributed by atoms with E-state index in [9.17, 15) is 0 Å². The molecule has 17 heavy (non-hydrogen) atoms. The summed E-state index contributed by atoms with van der Waals surface area (Å²) in [4.78, 5) is 0. The number of thiophene rings is 1. The average Bonchev–Trinajstić information content (AvgIpc) is 2.78. The van der Waals surface area contributed by atoms with Gasteiger partial charge in [-0.1, -0.05) is 18.2 Å². The van der Waals surface area contributed by atoms with E-state index in [-0.39, 0.29) is 12.1 Å². The first kappa shape index (κ1) is 12.5. The molecular weight excluding hydrogens is 232 g/mol. The summed E-state index contributed by atoms with van der Waals surface area (Å²) in [5.41, 5.74) is 4.17. The lowest BCUT2D eigenvalue weighted by Crippen LogP contribution is -2.44. The molecule has 1 heterocycles. The maximum Gasteiger partial charge on any atom is 0.0712 e. The van der Waals surface area contributed by atoms with Crippen LogP contribution in [0.15, 0.2) is 29.6 Å². The Kier molecular flexibility index (Phi) is 4.12. The minimum Gasteiger partial charge on any atom is -0.380 e. The molecule has 1 aromatic heterocycles. The van der Waals surface area contributed by atoms with E-state index >= 15 is 0 Å². The van der Waals surface area contributed by atoms with E-state index in [1.807, 2.05) is 6.92 Å². The van der Waals surface area contributed by atoms with E-state index < -0.39 is 0 Å². The summed E-state index contributed by atoms with van der Waals surface area (Å²) in [6, 6.07) is 8.58. The van der Waals surface area contributed by atoms with Gasteiger partial charge in [0.2, 0.25) is 0 Å². The molecule has 3 N–H and O–H groups in total. The summed E-state index contributed by atoms with van der Waals surface area (Å²) in [7, 11) is 1.71. The second kappa shape index (κ2) is 5.60. The molecule has 0 fully saturated rings. The lowest BCUT2D eigenvalue weighted by molar-refractivity contribution is 0.0833. The molecule has 92 valence electrons. The molecule has 0 aliphatic carbocycles. The molecule has 2 atom stereocenters. The Morgan fingerprint density at radius 2 is 2.18 bits per heavy atom. The number of nitrogens with two attached hydrogens (primary N) is 1. The van der Waals surface area contributed by atoms with E-state index in [2.05, 4.69) is 35.1 Å². The first-order valence-corrected chi connectivity index (χ1v) is 6.58. The second-order valence-corrected chi connectivity index (χ2v) is 5.09. The summed E-state index contributed by atoms with van der Waals surface area (Å²) >= 11 is 1.78. The van der Waals surface area contributed by atoms with E-state index in [0.717, 1.165) is 6.42 Å². The summed E-state index contributed by atoms with van der Waals surface area (Å²) in [6.07, 6.45) is 0.980. The van der Waals surface area contributed by atoms with Crippen LogP contribution in [0.25, 0.3) is 10.1 Å².